The third-order valence-electron chi connectivity index (χ3n) is 1.78. The predicted molar refractivity (Wildman–Crippen MR) is 35.9 cm³/mol. The molecule has 0 aromatic carbocycles. The molecule has 0 fully saturated rings. The summed E-state index contributed by atoms with van der Waals surface area (Å²) < 4.78 is 0.413. The average molecular weight is 198 g/mol. The van der Waals surface area contributed by atoms with E-state index in [4.69, 9.17) is 0 Å². The summed E-state index contributed by atoms with van der Waals surface area (Å²) in [6.45, 7) is 6.66. The first-order valence-corrected chi connectivity index (χ1v) is 4.38. The molecule has 0 aliphatic heterocycles. The van der Waals surface area contributed by atoms with Crippen molar-refractivity contribution in [2.45, 2.75) is 23.9 Å². The minimum atomic E-state index is 0.413. The molecule has 0 saturated carbocycles. The van der Waals surface area contributed by atoms with E-state index in [9.17, 15) is 0 Å². The fraction of sp³-hybridized carbons (Fsp3) is 0.500. The van der Waals surface area contributed by atoms with Crippen LogP contribution >= 0.6 is 0 Å². The first-order valence-electron chi connectivity index (χ1n) is 3.15. The number of hydrogen-bond donors (Lipinski definition) is 0. The predicted octanol–water partition coefficient (Wildman–Crippen LogP) is 2.62. The van der Waals surface area contributed by atoms with Crippen LogP contribution in [0.4, 0.5) is 0 Å². The van der Waals surface area contributed by atoms with E-state index in [-0.39, 0.29) is 0 Å². The second-order valence-electron chi connectivity index (χ2n) is 2.92. The Morgan fingerprint density at radius 1 is 1.44 bits per heavy atom. The van der Waals surface area contributed by atoms with Gasteiger partial charge in [0.1, 0.15) is 0 Å². The molecule has 0 aromatic rings. The van der Waals surface area contributed by atoms with Crippen LogP contribution in [0.25, 0.3) is 0 Å². The molecule has 0 aromatic heterocycles. The molecule has 0 heterocycles. The van der Waals surface area contributed by atoms with Crippen LogP contribution < -0.4 is 0 Å². The molecular weight excluding hydrogens is 187 g/mol. The quantitative estimate of drug-likeness (QED) is 0.561. The van der Waals surface area contributed by atoms with E-state index >= 15 is 0 Å². The van der Waals surface area contributed by atoms with Crippen LogP contribution in [0.1, 0.15) is 20.8 Å². The molecule has 9 heavy (non-hydrogen) atoms. The van der Waals surface area contributed by atoms with Crippen LogP contribution in [-0.2, 0) is 24.7 Å². The van der Waals surface area contributed by atoms with Gasteiger partial charge in [0.15, 0.2) is 0 Å². The van der Waals surface area contributed by atoms with Gasteiger partial charge in [-0.05, 0) is 0 Å². The monoisotopic (exact) mass is 197 g/mol. The van der Waals surface area contributed by atoms with Gasteiger partial charge in [0.05, 0.1) is 0 Å². The van der Waals surface area contributed by atoms with Crippen molar-refractivity contribution in [1.82, 2.24) is 0 Å². The molecule has 0 nitrogen and oxygen atoms in total. The molecule has 1 heteroatoms. The zero-order chi connectivity index (χ0) is 7.07. The molecule has 0 spiro atoms. The molecule has 1 rings (SSSR count). The van der Waals surface area contributed by atoms with Crippen LogP contribution in [0.15, 0.2) is 23.3 Å². The number of rotatable bonds is 0. The molecular formula is C8H11Zr. The zero-order valence-corrected chi connectivity index (χ0v) is 8.61. The summed E-state index contributed by atoms with van der Waals surface area (Å²) in [6.07, 6.45) is 4.62. The second-order valence-corrected chi connectivity index (χ2v) is 5.47. The Morgan fingerprint density at radius 2 is 2.00 bits per heavy atom. The first-order chi connectivity index (χ1) is 4.02. The molecule has 0 saturated heterocycles. The van der Waals surface area contributed by atoms with Crippen LogP contribution in [-0.4, -0.2) is 0 Å². The molecule has 47 valence electrons. The Labute approximate surface area is 71.9 Å². The van der Waals surface area contributed by atoms with Crippen molar-refractivity contribution >= 4 is 0 Å². The van der Waals surface area contributed by atoms with Crippen LogP contribution in [0.2, 0.25) is 3.12 Å². The van der Waals surface area contributed by atoms with Gasteiger partial charge in [0.2, 0.25) is 0 Å². The SMILES string of the molecule is CC1=C[C](C)([Zr])C(C)=C1. The maximum absolute atomic E-state index is 2.35. The van der Waals surface area contributed by atoms with Gasteiger partial charge in [-0.2, -0.15) is 0 Å². The van der Waals surface area contributed by atoms with Crippen molar-refractivity contribution in [2.24, 2.45) is 0 Å². The summed E-state index contributed by atoms with van der Waals surface area (Å²) in [5.41, 5.74) is 2.94. The summed E-state index contributed by atoms with van der Waals surface area (Å²) in [5.74, 6) is 0. The molecule has 1 unspecified atom stereocenters. The van der Waals surface area contributed by atoms with Gasteiger partial charge < -0.3 is 0 Å². The Hall–Kier alpha value is 0.363. The Bertz CT molecular complexity index is 185. The Morgan fingerprint density at radius 3 is 2.11 bits per heavy atom. The van der Waals surface area contributed by atoms with Crippen molar-refractivity contribution in [2.75, 3.05) is 0 Å². The standard InChI is InChI=1S/C8H11.Zr/c1-6-4-7(2)8(3)5-6;/h4-5H,1-3H3;. The van der Waals surface area contributed by atoms with Crippen molar-refractivity contribution in [3.05, 3.63) is 23.3 Å². The van der Waals surface area contributed by atoms with Crippen molar-refractivity contribution in [3.8, 4) is 0 Å². The minimum absolute atomic E-state index is 0.413. The van der Waals surface area contributed by atoms with Crippen molar-refractivity contribution < 1.29 is 24.7 Å². The topological polar surface area (TPSA) is 0 Å². The van der Waals surface area contributed by atoms with E-state index < -0.39 is 0 Å². The van der Waals surface area contributed by atoms with Gasteiger partial charge in [0, 0.05) is 0 Å². The second kappa shape index (κ2) is 2.20. The van der Waals surface area contributed by atoms with Gasteiger partial charge in [-0.3, -0.25) is 0 Å². The molecule has 0 N–H and O–H groups in total. The van der Waals surface area contributed by atoms with Crippen LogP contribution in [0, 0.1) is 0 Å². The van der Waals surface area contributed by atoms with E-state index in [2.05, 4.69) is 32.9 Å². The summed E-state index contributed by atoms with van der Waals surface area (Å²) in [7, 11) is 0. The van der Waals surface area contributed by atoms with E-state index in [1.807, 2.05) is 0 Å². The third kappa shape index (κ3) is 1.43. The number of hydrogen-bond acceptors (Lipinski definition) is 0. The maximum atomic E-state index is 2.35. The van der Waals surface area contributed by atoms with Gasteiger partial charge in [-0.15, -0.1) is 0 Å². The normalized spacial score (nSPS) is 34.0. The summed E-state index contributed by atoms with van der Waals surface area (Å²) in [4.78, 5) is 0. The van der Waals surface area contributed by atoms with Gasteiger partial charge in [-0.1, -0.05) is 0 Å². The van der Waals surface area contributed by atoms with Crippen LogP contribution in [0.3, 0.4) is 0 Å². The third-order valence-corrected chi connectivity index (χ3v) is 3.10. The molecule has 0 bridgehead atoms. The van der Waals surface area contributed by atoms with E-state index in [1.54, 1.807) is 24.7 Å². The molecule has 0 amide bonds. The zero-order valence-electron chi connectivity index (χ0n) is 6.15. The summed E-state index contributed by atoms with van der Waals surface area (Å²) in [5, 5.41) is 0. The van der Waals surface area contributed by atoms with Crippen molar-refractivity contribution in [1.29, 1.82) is 0 Å². The first kappa shape index (κ1) is 7.47. The fourth-order valence-electron chi connectivity index (χ4n) is 1.10. The Kier molecular flexibility index (Phi) is 1.82. The van der Waals surface area contributed by atoms with Gasteiger partial charge in [-0.25, -0.2) is 0 Å². The van der Waals surface area contributed by atoms with E-state index in [0.29, 0.717) is 3.12 Å². The van der Waals surface area contributed by atoms with Crippen molar-refractivity contribution in [3.63, 3.8) is 0 Å². The molecule has 0 radical (unpaired) electrons. The number of allylic oxidation sites excluding steroid dienone is 4. The molecule has 1 aliphatic rings. The fourth-order valence-corrected chi connectivity index (χ4v) is 1.84. The molecule has 1 atom stereocenters. The average Bonchev–Trinajstić information content (AvgIpc) is 1.79. The van der Waals surface area contributed by atoms with Crippen LogP contribution in [0.5, 0.6) is 0 Å². The van der Waals surface area contributed by atoms with Gasteiger partial charge >= 0.3 is 71.9 Å². The summed E-state index contributed by atoms with van der Waals surface area (Å²) >= 11 is 1.59. The van der Waals surface area contributed by atoms with E-state index in [0.717, 1.165) is 0 Å². The Balaban J connectivity index is 2.96. The van der Waals surface area contributed by atoms with Gasteiger partial charge in [0.25, 0.3) is 0 Å². The molecule has 1 aliphatic carbocycles. The summed E-state index contributed by atoms with van der Waals surface area (Å²) in [6, 6.07) is 0. The van der Waals surface area contributed by atoms with E-state index in [1.165, 1.54) is 11.1 Å².